The van der Waals surface area contributed by atoms with Gasteiger partial charge in [-0.15, -0.1) is 0 Å². The fraction of sp³-hybridized carbons (Fsp3) is 0.438. The number of amides is 1. The molecule has 0 radical (unpaired) electrons. The van der Waals surface area contributed by atoms with E-state index in [4.69, 9.17) is 5.73 Å². The van der Waals surface area contributed by atoms with E-state index in [2.05, 4.69) is 20.5 Å². The van der Waals surface area contributed by atoms with Crippen LogP contribution in [-0.2, 0) is 5.75 Å². The molecule has 0 atom stereocenters. The smallest absolute Gasteiger partial charge is 0.251 e. The van der Waals surface area contributed by atoms with Gasteiger partial charge in [0, 0.05) is 23.4 Å². The predicted octanol–water partition coefficient (Wildman–Crippen LogP) is 2.34. The number of thioether (sulfide) groups is 1. The monoisotopic (exact) mass is 333 g/mol. The van der Waals surface area contributed by atoms with Crippen molar-refractivity contribution >= 4 is 17.7 Å². The molecule has 1 heterocycles. The van der Waals surface area contributed by atoms with Gasteiger partial charge in [-0.3, -0.25) is 9.89 Å². The van der Waals surface area contributed by atoms with Crippen LogP contribution in [0.25, 0.3) is 0 Å². The van der Waals surface area contributed by atoms with Crippen molar-refractivity contribution in [2.45, 2.75) is 43.1 Å². The lowest BCUT2D eigenvalue weighted by Gasteiger charge is -2.26. The molecule has 2 aromatic rings. The zero-order valence-electron chi connectivity index (χ0n) is 13.5. The summed E-state index contributed by atoms with van der Waals surface area (Å²) in [4.78, 5) is 16.2. The molecule has 0 saturated heterocycles. The topological polar surface area (TPSA) is 96.7 Å². The molecular formula is C16H23N5OS. The molecule has 0 bridgehead atoms. The Labute approximate surface area is 140 Å². The Morgan fingerprint density at radius 1 is 1.30 bits per heavy atom. The number of nitrogens with one attached hydrogen (secondary N) is 2. The van der Waals surface area contributed by atoms with Gasteiger partial charge in [0.2, 0.25) is 0 Å². The Balaban J connectivity index is 1.87. The van der Waals surface area contributed by atoms with Gasteiger partial charge in [0.25, 0.3) is 5.91 Å². The summed E-state index contributed by atoms with van der Waals surface area (Å²) in [7, 11) is 0. The van der Waals surface area contributed by atoms with Crippen molar-refractivity contribution < 1.29 is 4.79 Å². The van der Waals surface area contributed by atoms with E-state index in [9.17, 15) is 4.79 Å². The number of hydrogen-bond donors (Lipinski definition) is 3. The Kier molecular flexibility index (Phi) is 6.18. The minimum absolute atomic E-state index is 0.0869. The third kappa shape index (κ3) is 5.07. The number of nitrogens with two attached hydrogens (primary N) is 1. The number of nitrogens with zero attached hydrogens (tertiary/aromatic N) is 2. The first-order valence-corrected chi connectivity index (χ1v) is 8.69. The number of aromatic amines is 1. The number of benzene rings is 1. The van der Waals surface area contributed by atoms with Crippen molar-refractivity contribution in [1.29, 1.82) is 0 Å². The summed E-state index contributed by atoms with van der Waals surface area (Å²) in [5.74, 6) is 0.686. The molecule has 4 N–H and O–H groups in total. The Hall–Kier alpha value is -1.86. The zero-order chi connectivity index (χ0) is 16.7. The fourth-order valence-corrected chi connectivity index (χ4v) is 2.76. The van der Waals surface area contributed by atoms with Gasteiger partial charge in [0.15, 0.2) is 5.16 Å². The van der Waals surface area contributed by atoms with Crippen LogP contribution in [0.3, 0.4) is 0 Å². The molecule has 0 aliphatic rings. The molecule has 6 nitrogen and oxygen atoms in total. The number of aromatic nitrogens is 3. The van der Waals surface area contributed by atoms with Crippen molar-refractivity contribution in [2.24, 2.45) is 5.73 Å². The van der Waals surface area contributed by atoms with E-state index in [0.29, 0.717) is 12.1 Å². The van der Waals surface area contributed by atoms with Gasteiger partial charge in [-0.05, 0) is 30.5 Å². The second-order valence-corrected chi connectivity index (χ2v) is 6.49. The van der Waals surface area contributed by atoms with Crippen LogP contribution >= 0.6 is 11.8 Å². The number of carbonyl (C=O) groups is 1. The SMILES string of the molecule is CCC(N)(CC)CNC(=O)c1ccc(CSc2ncn[nH]2)cc1. The summed E-state index contributed by atoms with van der Waals surface area (Å²) in [6.07, 6.45) is 3.16. The number of carbonyl (C=O) groups excluding carboxylic acids is 1. The standard InChI is InChI=1S/C16H23N5OS/c1-3-16(17,4-2)10-18-14(22)13-7-5-12(6-8-13)9-23-15-19-11-20-21-15/h5-8,11H,3-4,9-10,17H2,1-2H3,(H,18,22)(H,19,20,21). The molecular weight excluding hydrogens is 310 g/mol. The highest BCUT2D eigenvalue weighted by molar-refractivity contribution is 7.98. The van der Waals surface area contributed by atoms with Crippen molar-refractivity contribution in [1.82, 2.24) is 20.5 Å². The highest BCUT2D eigenvalue weighted by Gasteiger charge is 2.21. The van der Waals surface area contributed by atoms with E-state index in [1.165, 1.54) is 6.33 Å². The molecule has 0 unspecified atom stereocenters. The van der Waals surface area contributed by atoms with Crippen molar-refractivity contribution in [3.05, 3.63) is 41.7 Å². The first kappa shape index (κ1) is 17.5. The van der Waals surface area contributed by atoms with Crippen LogP contribution in [0.15, 0.2) is 35.7 Å². The summed E-state index contributed by atoms with van der Waals surface area (Å²) in [6, 6.07) is 7.57. The lowest BCUT2D eigenvalue weighted by molar-refractivity contribution is 0.0942. The number of H-pyrrole nitrogens is 1. The zero-order valence-corrected chi connectivity index (χ0v) is 14.3. The quantitative estimate of drug-likeness (QED) is 0.644. The molecule has 1 aromatic heterocycles. The first-order valence-electron chi connectivity index (χ1n) is 7.70. The number of hydrogen-bond acceptors (Lipinski definition) is 5. The Morgan fingerprint density at radius 2 is 2.00 bits per heavy atom. The molecule has 0 fully saturated rings. The summed E-state index contributed by atoms with van der Waals surface area (Å²) >= 11 is 1.57. The normalized spacial score (nSPS) is 11.4. The van der Waals surface area contributed by atoms with Crippen LogP contribution in [0.4, 0.5) is 0 Å². The van der Waals surface area contributed by atoms with E-state index >= 15 is 0 Å². The lowest BCUT2D eigenvalue weighted by Crippen LogP contribution is -2.49. The average Bonchev–Trinajstić information content (AvgIpc) is 3.11. The highest BCUT2D eigenvalue weighted by Crippen LogP contribution is 2.18. The van der Waals surface area contributed by atoms with E-state index in [1.807, 2.05) is 38.1 Å². The third-order valence-corrected chi connectivity index (χ3v) is 4.94. The van der Waals surface area contributed by atoms with Gasteiger partial charge >= 0.3 is 0 Å². The minimum atomic E-state index is -0.330. The summed E-state index contributed by atoms with van der Waals surface area (Å²) in [6.45, 7) is 4.56. The van der Waals surface area contributed by atoms with Gasteiger partial charge in [0.1, 0.15) is 6.33 Å². The van der Waals surface area contributed by atoms with Crippen LogP contribution in [0.5, 0.6) is 0 Å². The van der Waals surface area contributed by atoms with Crippen molar-refractivity contribution in [2.75, 3.05) is 6.54 Å². The van der Waals surface area contributed by atoms with Crippen LogP contribution in [-0.4, -0.2) is 33.2 Å². The van der Waals surface area contributed by atoms with E-state index < -0.39 is 0 Å². The maximum atomic E-state index is 12.2. The molecule has 7 heteroatoms. The van der Waals surface area contributed by atoms with Gasteiger partial charge < -0.3 is 11.1 Å². The molecule has 0 spiro atoms. The number of rotatable bonds is 8. The first-order chi connectivity index (χ1) is 11.1. The fourth-order valence-electron chi connectivity index (χ4n) is 2.03. The average molecular weight is 333 g/mol. The van der Waals surface area contributed by atoms with Crippen LogP contribution in [0, 0.1) is 0 Å². The van der Waals surface area contributed by atoms with E-state index in [1.54, 1.807) is 11.8 Å². The lowest BCUT2D eigenvalue weighted by atomic mass is 9.94. The largest absolute Gasteiger partial charge is 0.350 e. The van der Waals surface area contributed by atoms with Crippen LogP contribution in [0.2, 0.25) is 0 Å². The second-order valence-electron chi connectivity index (χ2n) is 5.53. The van der Waals surface area contributed by atoms with Crippen LogP contribution in [0.1, 0.15) is 42.6 Å². The third-order valence-electron chi connectivity index (χ3n) is 3.99. The van der Waals surface area contributed by atoms with E-state index in [-0.39, 0.29) is 11.4 Å². The van der Waals surface area contributed by atoms with Gasteiger partial charge in [-0.2, -0.15) is 5.10 Å². The van der Waals surface area contributed by atoms with Gasteiger partial charge in [-0.1, -0.05) is 37.7 Å². The maximum Gasteiger partial charge on any atom is 0.251 e. The Bertz CT molecular complexity index is 608. The van der Waals surface area contributed by atoms with Crippen molar-refractivity contribution in [3.8, 4) is 0 Å². The summed E-state index contributed by atoms with van der Waals surface area (Å²) < 4.78 is 0. The van der Waals surface area contributed by atoms with Crippen molar-refractivity contribution in [3.63, 3.8) is 0 Å². The van der Waals surface area contributed by atoms with Crippen LogP contribution < -0.4 is 11.1 Å². The molecule has 124 valence electrons. The second kappa shape index (κ2) is 8.12. The maximum absolute atomic E-state index is 12.2. The molecule has 0 aliphatic carbocycles. The van der Waals surface area contributed by atoms with E-state index in [0.717, 1.165) is 29.3 Å². The van der Waals surface area contributed by atoms with Gasteiger partial charge in [0.05, 0.1) is 0 Å². The minimum Gasteiger partial charge on any atom is -0.350 e. The summed E-state index contributed by atoms with van der Waals surface area (Å²) in [5, 5.41) is 10.3. The predicted molar refractivity (Wildman–Crippen MR) is 92.2 cm³/mol. The highest BCUT2D eigenvalue weighted by atomic mass is 32.2. The molecule has 0 aliphatic heterocycles. The molecule has 2 rings (SSSR count). The molecule has 0 saturated carbocycles. The molecule has 23 heavy (non-hydrogen) atoms. The molecule has 1 aromatic carbocycles. The molecule has 1 amide bonds. The van der Waals surface area contributed by atoms with Gasteiger partial charge in [-0.25, -0.2) is 4.98 Å². The Morgan fingerprint density at radius 3 is 2.57 bits per heavy atom. The summed E-state index contributed by atoms with van der Waals surface area (Å²) in [5.41, 5.74) is 7.64.